The molecule has 2 rings (SSSR count). The highest BCUT2D eigenvalue weighted by molar-refractivity contribution is 7.16. The predicted octanol–water partition coefficient (Wildman–Crippen LogP) is 3.50. The molecule has 0 bridgehead atoms. The lowest BCUT2D eigenvalue weighted by Crippen LogP contribution is -1.99. The molecule has 0 aliphatic carbocycles. The molecule has 0 saturated heterocycles. The summed E-state index contributed by atoms with van der Waals surface area (Å²) in [5, 5.41) is 10.3. The number of aliphatic hydroxyl groups is 1. The van der Waals surface area contributed by atoms with E-state index in [1.165, 1.54) is 11.3 Å². The summed E-state index contributed by atoms with van der Waals surface area (Å²) in [6, 6.07) is 8.89. The van der Waals surface area contributed by atoms with Crippen molar-refractivity contribution in [2.45, 2.75) is 6.10 Å². The zero-order valence-corrected chi connectivity index (χ0v) is 11.6. The molecule has 1 heterocycles. The molecule has 3 nitrogen and oxygen atoms in total. The van der Waals surface area contributed by atoms with E-state index >= 15 is 0 Å². The summed E-state index contributed by atoms with van der Waals surface area (Å²) in [6.45, 7) is 0. The zero-order valence-electron chi connectivity index (χ0n) is 10.0. The highest BCUT2D eigenvalue weighted by Gasteiger charge is 2.15. The lowest BCUT2D eigenvalue weighted by molar-refractivity contribution is 0.223. The van der Waals surface area contributed by atoms with Crippen molar-refractivity contribution in [1.29, 1.82) is 0 Å². The molecule has 1 aromatic carbocycles. The van der Waals surface area contributed by atoms with Gasteiger partial charge >= 0.3 is 0 Å². The van der Waals surface area contributed by atoms with Gasteiger partial charge in [0.05, 0.1) is 18.6 Å². The number of ether oxygens (including phenoxy) is 2. The second-order valence-corrected chi connectivity index (χ2v) is 5.44. The fourth-order valence-corrected chi connectivity index (χ4v) is 2.70. The number of rotatable bonds is 4. The molecule has 0 fully saturated rings. The second-order valence-electron chi connectivity index (χ2n) is 3.69. The van der Waals surface area contributed by atoms with Crippen molar-refractivity contribution < 1.29 is 14.6 Å². The van der Waals surface area contributed by atoms with E-state index in [1.54, 1.807) is 38.5 Å². The summed E-state index contributed by atoms with van der Waals surface area (Å²) >= 11 is 7.22. The number of hydrogen-bond donors (Lipinski definition) is 1. The lowest BCUT2D eigenvalue weighted by Gasteiger charge is -2.12. The van der Waals surface area contributed by atoms with Crippen LogP contribution in [-0.4, -0.2) is 19.3 Å². The molecule has 2 aromatic rings. The van der Waals surface area contributed by atoms with Gasteiger partial charge in [0, 0.05) is 10.9 Å². The number of benzene rings is 1. The van der Waals surface area contributed by atoms with Crippen molar-refractivity contribution in [2.24, 2.45) is 0 Å². The summed E-state index contributed by atoms with van der Waals surface area (Å²) in [4.78, 5) is 0.787. The van der Waals surface area contributed by atoms with Crippen LogP contribution in [-0.2, 0) is 0 Å². The van der Waals surface area contributed by atoms with Crippen LogP contribution in [0.2, 0.25) is 4.34 Å². The molecule has 0 aliphatic heterocycles. The molecule has 0 aliphatic rings. The van der Waals surface area contributed by atoms with Crippen LogP contribution in [0.15, 0.2) is 30.3 Å². The maximum absolute atomic E-state index is 10.3. The minimum atomic E-state index is -0.730. The summed E-state index contributed by atoms with van der Waals surface area (Å²) in [7, 11) is 3.15. The third kappa shape index (κ3) is 2.77. The number of halogens is 1. The van der Waals surface area contributed by atoms with Gasteiger partial charge in [0.15, 0.2) is 0 Å². The largest absolute Gasteiger partial charge is 0.497 e. The molecule has 1 atom stereocenters. The highest BCUT2D eigenvalue weighted by atomic mass is 35.5. The third-order valence-electron chi connectivity index (χ3n) is 2.55. The Hall–Kier alpha value is -1.23. The Morgan fingerprint density at radius 2 is 1.72 bits per heavy atom. The molecule has 18 heavy (non-hydrogen) atoms. The predicted molar refractivity (Wildman–Crippen MR) is 72.9 cm³/mol. The van der Waals surface area contributed by atoms with Crippen molar-refractivity contribution >= 4 is 22.9 Å². The first-order chi connectivity index (χ1) is 8.63. The normalized spacial score (nSPS) is 12.2. The van der Waals surface area contributed by atoms with E-state index in [0.717, 1.165) is 4.88 Å². The van der Waals surface area contributed by atoms with Gasteiger partial charge in [-0.05, 0) is 29.8 Å². The topological polar surface area (TPSA) is 38.7 Å². The molecule has 0 radical (unpaired) electrons. The van der Waals surface area contributed by atoms with E-state index in [0.29, 0.717) is 21.4 Å². The maximum atomic E-state index is 10.3. The lowest BCUT2D eigenvalue weighted by atomic mass is 10.1. The van der Waals surface area contributed by atoms with Gasteiger partial charge in [0.25, 0.3) is 0 Å². The van der Waals surface area contributed by atoms with Crippen molar-refractivity contribution in [2.75, 3.05) is 14.2 Å². The Morgan fingerprint density at radius 3 is 2.17 bits per heavy atom. The zero-order chi connectivity index (χ0) is 13.1. The third-order valence-corrected chi connectivity index (χ3v) is 3.84. The molecule has 1 unspecified atom stereocenters. The second kappa shape index (κ2) is 5.61. The summed E-state index contributed by atoms with van der Waals surface area (Å²) < 4.78 is 11.0. The van der Waals surface area contributed by atoms with Gasteiger partial charge in [-0.3, -0.25) is 0 Å². The summed E-state index contributed by atoms with van der Waals surface area (Å²) in [6.07, 6.45) is -0.730. The Kier molecular flexibility index (Phi) is 4.11. The number of methoxy groups -OCH3 is 2. The number of aliphatic hydroxyl groups excluding tert-OH is 1. The Bertz CT molecular complexity index is 517. The summed E-state index contributed by atoms with van der Waals surface area (Å²) in [5.41, 5.74) is 0.713. The highest BCUT2D eigenvalue weighted by Crippen LogP contribution is 2.34. The maximum Gasteiger partial charge on any atom is 0.122 e. The van der Waals surface area contributed by atoms with E-state index in [4.69, 9.17) is 21.1 Å². The first-order valence-electron chi connectivity index (χ1n) is 5.30. The van der Waals surface area contributed by atoms with Gasteiger partial charge in [0.2, 0.25) is 0 Å². The van der Waals surface area contributed by atoms with Gasteiger partial charge in [-0.25, -0.2) is 0 Å². The monoisotopic (exact) mass is 284 g/mol. The van der Waals surface area contributed by atoms with Crippen molar-refractivity contribution in [3.05, 3.63) is 45.1 Å². The fourth-order valence-electron chi connectivity index (χ4n) is 1.63. The van der Waals surface area contributed by atoms with Gasteiger partial charge < -0.3 is 14.6 Å². The Labute approximate surface area is 115 Å². The van der Waals surface area contributed by atoms with E-state index in [1.807, 2.05) is 6.07 Å². The first-order valence-corrected chi connectivity index (χ1v) is 6.49. The minimum Gasteiger partial charge on any atom is -0.497 e. The van der Waals surface area contributed by atoms with Crippen LogP contribution in [0.3, 0.4) is 0 Å². The van der Waals surface area contributed by atoms with Crippen molar-refractivity contribution in [1.82, 2.24) is 0 Å². The van der Waals surface area contributed by atoms with Crippen molar-refractivity contribution in [3.63, 3.8) is 0 Å². The van der Waals surface area contributed by atoms with Gasteiger partial charge in [0.1, 0.15) is 17.6 Å². The molecule has 1 N–H and O–H groups in total. The average molecular weight is 285 g/mol. The molecule has 0 saturated carbocycles. The SMILES string of the molecule is COc1cc(OC)cc(C(O)c2ccc(Cl)s2)c1. The van der Waals surface area contributed by atoms with Crippen LogP contribution < -0.4 is 9.47 Å². The van der Waals surface area contributed by atoms with Gasteiger partial charge in [-0.1, -0.05) is 11.6 Å². The number of hydrogen-bond acceptors (Lipinski definition) is 4. The van der Waals surface area contributed by atoms with Crippen LogP contribution in [0.1, 0.15) is 16.5 Å². The Morgan fingerprint density at radius 1 is 1.11 bits per heavy atom. The quantitative estimate of drug-likeness (QED) is 0.934. The average Bonchev–Trinajstić information content (AvgIpc) is 2.83. The smallest absolute Gasteiger partial charge is 0.122 e. The Balaban J connectivity index is 2.37. The van der Waals surface area contributed by atoms with E-state index < -0.39 is 6.10 Å². The van der Waals surface area contributed by atoms with E-state index in [2.05, 4.69) is 0 Å². The first kappa shape index (κ1) is 13.2. The van der Waals surface area contributed by atoms with Gasteiger partial charge in [-0.2, -0.15) is 0 Å². The molecular weight excluding hydrogens is 272 g/mol. The minimum absolute atomic E-state index is 0.644. The van der Waals surface area contributed by atoms with Crippen LogP contribution >= 0.6 is 22.9 Å². The molecular formula is C13H13ClO3S. The van der Waals surface area contributed by atoms with Crippen LogP contribution in [0.25, 0.3) is 0 Å². The van der Waals surface area contributed by atoms with Crippen LogP contribution in [0, 0.1) is 0 Å². The van der Waals surface area contributed by atoms with E-state index in [9.17, 15) is 5.11 Å². The molecule has 0 amide bonds. The summed E-state index contributed by atoms with van der Waals surface area (Å²) in [5.74, 6) is 1.29. The molecule has 96 valence electrons. The molecule has 0 spiro atoms. The van der Waals surface area contributed by atoms with Crippen molar-refractivity contribution in [3.8, 4) is 11.5 Å². The van der Waals surface area contributed by atoms with E-state index in [-0.39, 0.29) is 0 Å². The molecule has 1 aromatic heterocycles. The number of thiophene rings is 1. The fraction of sp³-hybridized carbons (Fsp3) is 0.231. The van der Waals surface area contributed by atoms with Crippen LogP contribution in [0.4, 0.5) is 0 Å². The molecule has 5 heteroatoms. The van der Waals surface area contributed by atoms with Crippen LogP contribution in [0.5, 0.6) is 11.5 Å². The standard InChI is InChI=1S/C13H13ClO3S/c1-16-9-5-8(6-10(7-9)17-2)13(15)11-3-4-12(14)18-11/h3-7,13,15H,1-2H3. The van der Waals surface area contributed by atoms with Gasteiger partial charge in [-0.15, -0.1) is 11.3 Å².